The van der Waals surface area contributed by atoms with Crippen LogP contribution in [-0.2, 0) is 14.3 Å². The van der Waals surface area contributed by atoms with E-state index in [4.69, 9.17) is 5.73 Å². The van der Waals surface area contributed by atoms with Gasteiger partial charge in [0.15, 0.2) is 0 Å². The highest BCUT2D eigenvalue weighted by Gasteiger charge is 2.13. The van der Waals surface area contributed by atoms with Crippen LogP contribution in [0.25, 0.3) is 0 Å². The van der Waals surface area contributed by atoms with Crippen LogP contribution < -0.4 is 5.73 Å². The van der Waals surface area contributed by atoms with Crippen molar-refractivity contribution in [2.24, 2.45) is 5.73 Å². The molecule has 0 radical (unpaired) electrons. The molecule has 0 fully saturated rings. The molecule has 0 aliphatic heterocycles. The number of hydrogen-bond donors (Lipinski definition) is 1. The third-order valence-electron chi connectivity index (χ3n) is 3.92. The summed E-state index contributed by atoms with van der Waals surface area (Å²) in [5, 5.41) is 0. The van der Waals surface area contributed by atoms with Crippen molar-refractivity contribution in [3.63, 3.8) is 0 Å². The molecule has 0 bridgehead atoms. The van der Waals surface area contributed by atoms with Gasteiger partial charge >= 0.3 is 11.9 Å². The maximum Gasteiger partial charge on any atom is 0.330 e. The maximum atomic E-state index is 11.4. The van der Waals surface area contributed by atoms with Gasteiger partial charge in [0.2, 0.25) is 0 Å². The zero-order chi connectivity index (χ0) is 18.8. The zero-order valence-electron chi connectivity index (χ0n) is 16.2. The molecule has 0 saturated carbocycles. The van der Waals surface area contributed by atoms with E-state index in [-0.39, 0.29) is 0 Å². The first-order valence-corrected chi connectivity index (χ1v) is 9.88. The van der Waals surface area contributed by atoms with Gasteiger partial charge in [-0.05, 0) is 45.4 Å². The standard InChI is InChI=1S/C21H37NO3/c1-3-4-5-6-7-8-9-10-11-12-13-14-15-16-17-18-20(23)25-21(24)19(2)22/h7-8,10-11,19H,3-6,9,12-18,22H2,1-2H3/b8-7-,11-10-. The molecular weight excluding hydrogens is 314 g/mol. The lowest BCUT2D eigenvalue weighted by atomic mass is 10.1. The van der Waals surface area contributed by atoms with Crippen molar-refractivity contribution in [3.05, 3.63) is 24.3 Å². The fraction of sp³-hybridized carbons (Fsp3) is 0.714. The second-order valence-corrected chi connectivity index (χ2v) is 6.56. The quantitative estimate of drug-likeness (QED) is 0.190. The van der Waals surface area contributed by atoms with Gasteiger partial charge in [0.05, 0.1) is 0 Å². The number of esters is 2. The molecule has 0 aliphatic rings. The van der Waals surface area contributed by atoms with Crippen molar-refractivity contribution >= 4 is 11.9 Å². The van der Waals surface area contributed by atoms with Gasteiger partial charge in [0, 0.05) is 6.42 Å². The Hall–Kier alpha value is -1.42. The first-order chi connectivity index (χ1) is 12.1. The molecular formula is C21H37NO3. The molecule has 0 spiro atoms. The molecule has 2 N–H and O–H groups in total. The Morgan fingerprint density at radius 3 is 2.04 bits per heavy atom. The van der Waals surface area contributed by atoms with E-state index in [0.29, 0.717) is 6.42 Å². The molecule has 4 heteroatoms. The Labute approximate surface area is 153 Å². The van der Waals surface area contributed by atoms with Crippen molar-refractivity contribution in [3.8, 4) is 0 Å². The molecule has 0 aromatic carbocycles. The fourth-order valence-corrected chi connectivity index (χ4v) is 2.34. The van der Waals surface area contributed by atoms with Crippen LogP contribution in [0.1, 0.15) is 90.9 Å². The predicted molar refractivity (Wildman–Crippen MR) is 104 cm³/mol. The highest BCUT2D eigenvalue weighted by Crippen LogP contribution is 2.09. The van der Waals surface area contributed by atoms with Crippen LogP contribution in [-0.4, -0.2) is 18.0 Å². The third kappa shape index (κ3) is 17.2. The van der Waals surface area contributed by atoms with Crippen molar-refractivity contribution in [2.75, 3.05) is 0 Å². The number of carbonyl (C=O) groups excluding carboxylic acids is 2. The molecule has 0 saturated heterocycles. The SMILES string of the molecule is CCCCC/C=C\C/C=C\CCCCCCCC(=O)OC(=O)C(C)N. The summed E-state index contributed by atoms with van der Waals surface area (Å²) < 4.78 is 4.61. The lowest BCUT2D eigenvalue weighted by Crippen LogP contribution is -2.30. The van der Waals surface area contributed by atoms with E-state index in [1.165, 1.54) is 45.4 Å². The zero-order valence-corrected chi connectivity index (χ0v) is 16.2. The number of ether oxygens (including phenoxy) is 1. The molecule has 4 nitrogen and oxygen atoms in total. The molecule has 144 valence electrons. The molecule has 25 heavy (non-hydrogen) atoms. The Morgan fingerprint density at radius 2 is 1.44 bits per heavy atom. The molecule has 0 aliphatic carbocycles. The van der Waals surface area contributed by atoms with E-state index >= 15 is 0 Å². The van der Waals surface area contributed by atoms with Crippen molar-refractivity contribution in [2.45, 2.75) is 96.9 Å². The first-order valence-electron chi connectivity index (χ1n) is 9.88. The average Bonchev–Trinajstić information content (AvgIpc) is 2.58. The van der Waals surface area contributed by atoms with Crippen LogP contribution in [0.5, 0.6) is 0 Å². The maximum absolute atomic E-state index is 11.4. The third-order valence-corrected chi connectivity index (χ3v) is 3.92. The summed E-state index contributed by atoms with van der Waals surface area (Å²) in [5.74, 6) is -1.11. The summed E-state index contributed by atoms with van der Waals surface area (Å²) in [7, 11) is 0. The van der Waals surface area contributed by atoms with Gasteiger partial charge in [-0.3, -0.25) is 4.79 Å². The summed E-state index contributed by atoms with van der Waals surface area (Å²) in [6, 6.07) is -0.742. The van der Waals surface area contributed by atoms with Gasteiger partial charge in [0.25, 0.3) is 0 Å². The van der Waals surface area contributed by atoms with Crippen LogP contribution in [0.3, 0.4) is 0 Å². The van der Waals surface area contributed by atoms with Gasteiger partial charge in [-0.2, -0.15) is 0 Å². The Kier molecular flexibility index (Phi) is 16.4. The summed E-state index contributed by atoms with van der Waals surface area (Å²) in [6.07, 6.45) is 21.8. The average molecular weight is 352 g/mol. The molecule has 0 heterocycles. The number of nitrogens with two attached hydrogens (primary N) is 1. The Balaban J connectivity index is 3.37. The van der Waals surface area contributed by atoms with E-state index in [1.54, 1.807) is 0 Å². The summed E-state index contributed by atoms with van der Waals surface area (Å²) >= 11 is 0. The minimum Gasteiger partial charge on any atom is -0.392 e. The lowest BCUT2D eigenvalue weighted by molar-refractivity contribution is -0.160. The normalized spacial score (nSPS) is 12.8. The Morgan fingerprint density at radius 1 is 0.880 bits per heavy atom. The predicted octanol–water partition coefficient (Wildman–Crippen LogP) is 5.22. The summed E-state index contributed by atoms with van der Waals surface area (Å²) in [6.45, 7) is 3.74. The van der Waals surface area contributed by atoms with Crippen LogP contribution in [0, 0.1) is 0 Å². The highest BCUT2D eigenvalue weighted by atomic mass is 16.6. The van der Waals surface area contributed by atoms with E-state index in [0.717, 1.165) is 32.1 Å². The fourth-order valence-electron chi connectivity index (χ4n) is 2.34. The molecule has 0 aromatic heterocycles. The number of carbonyl (C=O) groups is 2. The van der Waals surface area contributed by atoms with Gasteiger partial charge < -0.3 is 10.5 Å². The molecule has 0 amide bonds. The lowest BCUT2D eigenvalue weighted by Gasteiger charge is -2.05. The van der Waals surface area contributed by atoms with E-state index in [2.05, 4.69) is 36.0 Å². The van der Waals surface area contributed by atoms with Gasteiger partial charge in [-0.15, -0.1) is 0 Å². The summed E-state index contributed by atoms with van der Waals surface area (Å²) in [4.78, 5) is 22.5. The molecule has 0 rings (SSSR count). The number of unbranched alkanes of at least 4 members (excludes halogenated alkanes) is 8. The van der Waals surface area contributed by atoms with Crippen molar-refractivity contribution in [1.29, 1.82) is 0 Å². The largest absolute Gasteiger partial charge is 0.392 e. The smallest absolute Gasteiger partial charge is 0.330 e. The topological polar surface area (TPSA) is 69.4 Å². The van der Waals surface area contributed by atoms with Crippen LogP contribution in [0.4, 0.5) is 0 Å². The number of allylic oxidation sites excluding steroid dienone is 4. The molecule has 0 aromatic rings. The highest BCUT2D eigenvalue weighted by molar-refractivity contribution is 5.87. The second kappa shape index (κ2) is 17.4. The summed E-state index contributed by atoms with van der Waals surface area (Å²) in [5.41, 5.74) is 5.33. The first kappa shape index (κ1) is 23.6. The van der Waals surface area contributed by atoms with Crippen LogP contribution in [0.15, 0.2) is 24.3 Å². The Bertz CT molecular complexity index is 400. The van der Waals surface area contributed by atoms with Crippen LogP contribution >= 0.6 is 0 Å². The van der Waals surface area contributed by atoms with E-state index < -0.39 is 18.0 Å². The van der Waals surface area contributed by atoms with Gasteiger partial charge in [-0.25, -0.2) is 4.79 Å². The minimum atomic E-state index is -0.742. The second-order valence-electron chi connectivity index (χ2n) is 6.56. The van der Waals surface area contributed by atoms with Crippen molar-refractivity contribution in [1.82, 2.24) is 0 Å². The molecule has 1 atom stereocenters. The number of rotatable bonds is 15. The van der Waals surface area contributed by atoms with Gasteiger partial charge in [0.1, 0.15) is 6.04 Å². The van der Waals surface area contributed by atoms with E-state index in [9.17, 15) is 9.59 Å². The minimum absolute atomic E-state index is 0.295. The monoisotopic (exact) mass is 351 g/mol. The van der Waals surface area contributed by atoms with Crippen LogP contribution in [0.2, 0.25) is 0 Å². The molecule has 1 unspecified atom stereocenters. The van der Waals surface area contributed by atoms with Gasteiger partial charge in [-0.1, -0.05) is 63.3 Å². The number of hydrogen-bond acceptors (Lipinski definition) is 4. The van der Waals surface area contributed by atoms with Crippen molar-refractivity contribution < 1.29 is 14.3 Å². The van der Waals surface area contributed by atoms with E-state index in [1.807, 2.05) is 0 Å².